The van der Waals surface area contributed by atoms with Gasteiger partial charge in [0.2, 0.25) is 0 Å². The molecule has 0 radical (unpaired) electrons. The Kier molecular flexibility index (Phi) is 5.29. The molecule has 1 aliphatic carbocycles. The number of aromatic nitrogens is 1. The fraction of sp³-hybridized carbons (Fsp3) is 0.417. The average molecular weight is 379 g/mol. The van der Waals surface area contributed by atoms with Gasteiger partial charge in [0.25, 0.3) is 0 Å². The second kappa shape index (κ2) is 7.86. The molecule has 5 unspecified atom stereocenters. The van der Waals surface area contributed by atoms with Crippen molar-refractivity contribution in [3.8, 4) is 11.1 Å². The first-order valence-corrected chi connectivity index (χ1v) is 10.2. The number of cyclic esters (lactones) is 1. The van der Waals surface area contributed by atoms with Gasteiger partial charge in [-0.3, -0.25) is 9.78 Å². The molecule has 0 spiro atoms. The molecule has 28 heavy (non-hydrogen) atoms. The number of allylic oxidation sites excluding steroid dienone is 1. The fourth-order valence-electron chi connectivity index (χ4n) is 4.96. The summed E-state index contributed by atoms with van der Waals surface area (Å²) >= 11 is 0. The number of carbonyl (C=O) groups is 1. The van der Waals surface area contributed by atoms with Crippen molar-refractivity contribution in [1.82, 2.24) is 4.98 Å². The third-order valence-electron chi connectivity index (χ3n) is 6.43. The molecule has 2 fully saturated rings. The second-order valence-corrected chi connectivity index (χ2v) is 7.96. The van der Waals surface area contributed by atoms with Crippen molar-refractivity contribution >= 4 is 12.0 Å². The zero-order valence-electron chi connectivity index (χ0n) is 16.3. The first kappa shape index (κ1) is 18.9. The number of ether oxygens (including phenoxy) is 1. The first-order chi connectivity index (χ1) is 13.6. The monoisotopic (exact) mass is 379 g/mol. The number of hydrogen-bond acceptors (Lipinski definition) is 3. The number of nitrogens with zero attached hydrogens (tertiary/aromatic N) is 1. The fourth-order valence-corrected chi connectivity index (χ4v) is 4.96. The van der Waals surface area contributed by atoms with Crippen LogP contribution in [-0.4, -0.2) is 17.1 Å². The highest BCUT2D eigenvalue weighted by Crippen LogP contribution is 2.47. The van der Waals surface area contributed by atoms with Crippen molar-refractivity contribution in [3.63, 3.8) is 0 Å². The number of esters is 1. The maximum Gasteiger partial charge on any atom is 0.309 e. The third-order valence-corrected chi connectivity index (χ3v) is 6.43. The summed E-state index contributed by atoms with van der Waals surface area (Å²) in [5, 5.41) is 0. The Hall–Kier alpha value is -2.49. The van der Waals surface area contributed by atoms with Crippen LogP contribution in [0.5, 0.6) is 0 Å². The lowest BCUT2D eigenvalue weighted by atomic mass is 9.65. The van der Waals surface area contributed by atoms with E-state index in [-0.39, 0.29) is 29.7 Å². The molecule has 2 aromatic rings. The van der Waals surface area contributed by atoms with Crippen LogP contribution in [0.3, 0.4) is 0 Å². The molecule has 1 aromatic carbocycles. The van der Waals surface area contributed by atoms with Crippen molar-refractivity contribution < 1.29 is 13.9 Å². The van der Waals surface area contributed by atoms with Crippen LogP contribution in [0, 0.1) is 29.5 Å². The predicted molar refractivity (Wildman–Crippen MR) is 108 cm³/mol. The van der Waals surface area contributed by atoms with Crippen LogP contribution in [0.25, 0.3) is 17.2 Å². The molecule has 4 rings (SSSR count). The molecule has 2 aliphatic rings. The summed E-state index contributed by atoms with van der Waals surface area (Å²) in [5.41, 5.74) is 2.17. The van der Waals surface area contributed by atoms with Crippen molar-refractivity contribution in [1.29, 1.82) is 0 Å². The molecular formula is C24H26FNO2. The quantitative estimate of drug-likeness (QED) is 0.657. The number of pyridine rings is 1. The Bertz CT molecular complexity index is 876. The van der Waals surface area contributed by atoms with E-state index in [4.69, 9.17) is 4.74 Å². The van der Waals surface area contributed by atoms with Gasteiger partial charge >= 0.3 is 5.97 Å². The SMILES string of the molecule is CCC1CCC2C(=O)OC(C)C2C1/C=C/c1ccc(-c2ccccc2F)cn1. The van der Waals surface area contributed by atoms with E-state index in [9.17, 15) is 9.18 Å². The Morgan fingerprint density at radius 3 is 2.75 bits per heavy atom. The summed E-state index contributed by atoms with van der Waals surface area (Å²) < 4.78 is 19.5. The van der Waals surface area contributed by atoms with Crippen molar-refractivity contribution in [3.05, 3.63) is 60.2 Å². The van der Waals surface area contributed by atoms with Crippen LogP contribution in [0.15, 0.2) is 48.7 Å². The van der Waals surface area contributed by atoms with Gasteiger partial charge in [0.15, 0.2) is 0 Å². The first-order valence-electron chi connectivity index (χ1n) is 10.2. The van der Waals surface area contributed by atoms with Crippen LogP contribution >= 0.6 is 0 Å². The summed E-state index contributed by atoms with van der Waals surface area (Å²) in [4.78, 5) is 16.6. The van der Waals surface area contributed by atoms with Crippen LogP contribution in [0.2, 0.25) is 0 Å². The minimum absolute atomic E-state index is 0.0297. The second-order valence-electron chi connectivity index (χ2n) is 7.96. The van der Waals surface area contributed by atoms with Crippen molar-refractivity contribution in [2.45, 2.75) is 39.2 Å². The smallest absolute Gasteiger partial charge is 0.309 e. The molecule has 0 N–H and O–H groups in total. The molecule has 4 heteroatoms. The number of benzene rings is 1. The maximum atomic E-state index is 14.0. The molecule has 2 heterocycles. The minimum Gasteiger partial charge on any atom is -0.462 e. The zero-order valence-corrected chi connectivity index (χ0v) is 16.3. The Morgan fingerprint density at radius 1 is 1.21 bits per heavy atom. The third kappa shape index (κ3) is 3.48. The van der Waals surface area contributed by atoms with Gasteiger partial charge in [-0.05, 0) is 49.8 Å². The van der Waals surface area contributed by atoms with E-state index in [1.54, 1.807) is 18.3 Å². The molecule has 5 atom stereocenters. The number of hydrogen-bond donors (Lipinski definition) is 0. The highest BCUT2D eigenvalue weighted by atomic mass is 19.1. The van der Waals surface area contributed by atoms with Crippen LogP contribution in [0.1, 0.15) is 38.8 Å². The van der Waals surface area contributed by atoms with E-state index >= 15 is 0 Å². The summed E-state index contributed by atoms with van der Waals surface area (Å²) in [6.07, 6.45) is 9.03. The van der Waals surface area contributed by atoms with E-state index in [2.05, 4.69) is 18.0 Å². The highest BCUT2D eigenvalue weighted by Gasteiger charge is 2.49. The van der Waals surface area contributed by atoms with E-state index in [1.807, 2.05) is 31.2 Å². The molecule has 1 saturated heterocycles. The lowest BCUT2D eigenvalue weighted by molar-refractivity contribution is -0.144. The summed E-state index contributed by atoms with van der Waals surface area (Å²) in [6, 6.07) is 10.5. The number of fused-ring (bicyclic) bond motifs is 1. The number of rotatable bonds is 4. The molecule has 0 bridgehead atoms. The molecule has 1 saturated carbocycles. The molecular weight excluding hydrogens is 353 g/mol. The average Bonchev–Trinajstić information content (AvgIpc) is 3.01. The lowest BCUT2D eigenvalue weighted by Gasteiger charge is -2.37. The van der Waals surface area contributed by atoms with Crippen molar-refractivity contribution in [2.75, 3.05) is 0 Å². The Morgan fingerprint density at radius 2 is 2.04 bits per heavy atom. The predicted octanol–water partition coefficient (Wildman–Crippen LogP) is 5.51. The van der Waals surface area contributed by atoms with Crippen LogP contribution in [0.4, 0.5) is 4.39 Å². The summed E-state index contributed by atoms with van der Waals surface area (Å²) in [6.45, 7) is 4.23. The van der Waals surface area contributed by atoms with E-state index in [0.717, 1.165) is 30.5 Å². The summed E-state index contributed by atoms with van der Waals surface area (Å²) in [7, 11) is 0. The summed E-state index contributed by atoms with van der Waals surface area (Å²) in [5.74, 6) is 0.888. The van der Waals surface area contributed by atoms with Crippen LogP contribution in [-0.2, 0) is 9.53 Å². The Balaban J connectivity index is 1.55. The standard InChI is InChI=1S/C24H26FNO2/c1-3-16-9-12-21-23(15(2)28-24(21)27)20(16)13-11-18-10-8-17(14-26-18)19-6-4-5-7-22(19)25/h4-8,10-11,13-16,20-21,23H,3,9,12H2,1-2H3/b13-11+. The largest absolute Gasteiger partial charge is 0.462 e. The maximum absolute atomic E-state index is 14.0. The number of carbonyl (C=O) groups excluding carboxylic acids is 1. The number of halogens is 1. The van der Waals surface area contributed by atoms with Gasteiger partial charge in [-0.15, -0.1) is 0 Å². The topological polar surface area (TPSA) is 39.2 Å². The Labute approximate surface area is 165 Å². The van der Waals surface area contributed by atoms with Gasteiger partial charge in [-0.1, -0.05) is 43.7 Å². The van der Waals surface area contributed by atoms with Gasteiger partial charge in [0.1, 0.15) is 11.9 Å². The molecule has 3 nitrogen and oxygen atoms in total. The van der Waals surface area contributed by atoms with Gasteiger partial charge in [0, 0.05) is 23.2 Å². The van der Waals surface area contributed by atoms with Gasteiger partial charge in [-0.25, -0.2) is 4.39 Å². The molecule has 1 aromatic heterocycles. The minimum atomic E-state index is -0.244. The normalized spacial score (nSPS) is 29.7. The van der Waals surface area contributed by atoms with Gasteiger partial charge in [-0.2, -0.15) is 0 Å². The van der Waals surface area contributed by atoms with Gasteiger partial charge < -0.3 is 4.74 Å². The lowest BCUT2D eigenvalue weighted by Crippen LogP contribution is -2.36. The van der Waals surface area contributed by atoms with E-state index in [1.165, 1.54) is 6.07 Å². The molecule has 146 valence electrons. The van der Waals surface area contributed by atoms with E-state index < -0.39 is 0 Å². The molecule has 1 aliphatic heterocycles. The highest BCUT2D eigenvalue weighted by molar-refractivity contribution is 5.75. The van der Waals surface area contributed by atoms with Gasteiger partial charge in [0.05, 0.1) is 11.6 Å². The van der Waals surface area contributed by atoms with Crippen LogP contribution < -0.4 is 0 Å². The molecule has 0 amide bonds. The van der Waals surface area contributed by atoms with Crippen molar-refractivity contribution in [2.24, 2.45) is 23.7 Å². The van der Waals surface area contributed by atoms with E-state index in [0.29, 0.717) is 17.4 Å². The zero-order chi connectivity index (χ0) is 19.7.